The minimum atomic E-state index is -0.500. The zero-order valence-electron chi connectivity index (χ0n) is 9.47. The summed E-state index contributed by atoms with van der Waals surface area (Å²) < 4.78 is 0. The van der Waals surface area contributed by atoms with E-state index < -0.39 is 5.54 Å². The second-order valence-electron chi connectivity index (χ2n) is 3.98. The molecule has 0 radical (unpaired) electrons. The van der Waals surface area contributed by atoms with Gasteiger partial charge in [0.1, 0.15) is 0 Å². The van der Waals surface area contributed by atoms with Crippen molar-refractivity contribution in [2.45, 2.75) is 19.4 Å². The summed E-state index contributed by atoms with van der Waals surface area (Å²) in [5.41, 5.74) is 0.255. The molecule has 0 saturated carbocycles. The van der Waals surface area contributed by atoms with Gasteiger partial charge in [-0.25, -0.2) is 0 Å². The average molecular weight is 287 g/mol. The van der Waals surface area contributed by atoms with E-state index in [2.05, 4.69) is 16.6 Å². The van der Waals surface area contributed by atoms with Crippen molar-refractivity contribution in [1.82, 2.24) is 5.32 Å². The molecule has 2 N–H and O–H groups in total. The smallest absolute Gasteiger partial charge is 0.171 e. The van der Waals surface area contributed by atoms with Crippen molar-refractivity contribution >= 4 is 46.2 Å². The topological polar surface area (TPSA) is 24.1 Å². The Balaban J connectivity index is 2.69. The number of hydrogen-bond acceptors (Lipinski definition) is 1. The highest BCUT2D eigenvalue weighted by Gasteiger charge is 2.14. The number of thiocarbonyl (C=S) groups is 1. The van der Waals surface area contributed by atoms with Gasteiger partial charge in [-0.3, -0.25) is 0 Å². The summed E-state index contributed by atoms with van der Waals surface area (Å²) >= 11 is 16.8. The highest BCUT2D eigenvalue weighted by molar-refractivity contribution is 7.80. The number of hydrogen-bond donors (Lipinski definition) is 2. The number of halogens is 2. The van der Waals surface area contributed by atoms with Crippen LogP contribution in [-0.4, -0.2) is 10.7 Å². The Morgan fingerprint density at radius 3 is 2.53 bits per heavy atom. The van der Waals surface area contributed by atoms with E-state index in [4.69, 9.17) is 41.8 Å². The van der Waals surface area contributed by atoms with Crippen molar-refractivity contribution in [3.8, 4) is 12.3 Å². The van der Waals surface area contributed by atoms with E-state index in [0.717, 1.165) is 5.69 Å². The fraction of sp³-hybridized carbons (Fsp3) is 0.250. The zero-order valence-corrected chi connectivity index (χ0v) is 11.8. The molecule has 0 heterocycles. The Hall–Kier alpha value is -0.950. The molecule has 0 atom stereocenters. The summed E-state index contributed by atoms with van der Waals surface area (Å²) in [5.74, 6) is 2.59. The minimum Gasteiger partial charge on any atom is -0.347 e. The molecule has 17 heavy (non-hydrogen) atoms. The van der Waals surface area contributed by atoms with E-state index in [-0.39, 0.29) is 0 Å². The van der Waals surface area contributed by atoms with Crippen LogP contribution < -0.4 is 10.6 Å². The maximum absolute atomic E-state index is 5.89. The Labute approximate surface area is 117 Å². The Bertz CT molecular complexity index is 478. The van der Waals surface area contributed by atoms with E-state index in [1.54, 1.807) is 18.2 Å². The molecule has 0 unspecified atom stereocenters. The summed E-state index contributed by atoms with van der Waals surface area (Å²) in [6.45, 7) is 3.71. The van der Waals surface area contributed by atoms with Gasteiger partial charge in [0, 0.05) is 5.69 Å². The van der Waals surface area contributed by atoms with Gasteiger partial charge in [-0.05, 0) is 44.3 Å². The van der Waals surface area contributed by atoms with E-state index in [1.807, 2.05) is 13.8 Å². The lowest BCUT2D eigenvalue weighted by Gasteiger charge is -2.22. The summed E-state index contributed by atoms with van der Waals surface area (Å²) in [4.78, 5) is 0. The summed E-state index contributed by atoms with van der Waals surface area (Å²) in [6.07, 6.45) is 5.35. The van der Waals surface area contributed by atoms with Crippen molar-refractivity contribution in [1.29, 1.82) is 0 Å². The molecule has 1 aromatic carbocycles. The first-order valence-electron chi connectivity index (χ1n) is 4.86. The first kappa shape index (κ1) is 14.1. The molecule has 0 fully saturated rings. The first-order chi connectivity index (χ1) is 7.84. The number of rotatable bonds is 2. The van der Waals surface area contributed by atoms with Gasteiger partial charge < -0.3 is 10.6 Å². The average Bonchev–Trinajstić information content (AvgIpc) is 2.23. The summed E-state index contributed by atoms with van der Waals surface area (Å²) in [7, 11) is 0. The molecule has 1 aromatic rings. The zero-order chi connectivity index (χ0) is 13.1. The maximum atomic E-state index is 5.89. The molecular formula is C12H12Cl2N2S. The van der Waals surface area contributed by atoms with E-state index in [0.29, 0.717) is 15.2 Å². The Kier molecular flexibility index (Phi) is 4.64. The van der Waals surface area contributed by atoms with Gasteiger partial charge >= 0.3 is 0 Å². The second kappa shape index (κ2) is 5.59. The lowest BCUT2D eigenvalue weighted by atomic mass is 10.1. The van der Waals surface area contributed by atoms with Crippen molar-refractivity contribution in [3.05, 3.63) is 28.2 Å². The highest BCUT2D eigenvalue weighted by Crippen LogP contribution is 2.24. The van der Waals surface area contributed by atoms with Gasteiger partial charge in [0.05, 0.1) is 15.6 Å². The molecule has 0 saturated heterocycles. The molecule has 90 valence electrons. The third-order valence-electron chi connectivity index (χ3n) is 1.96. The molecule has 0 aliphatic rings. The predicted octanol–water partition coefficient (Wildman–Crippen LogP) is 3.69. The van der Waals surface area contributed by atoms with Crippen molar-refractivity contribution in [3.63, 3.8) is 0 Å². The molecule has 0 spiro atoms. The molecule has 0 amide bonds. The minimum absolute atomic E-state index is 0.436. The normalized spacial score (nSPS) is 10.5. The van der Waals surface area contributed by atoms with Crippen molar-refractivity contribution in [2.24, 2.45) is 0 Å². The monoisotopic (exact) mass is 286 g/mol. The molecule has 5 heteroatoms. The van der Waals surface area contributed by atoms with E-state index >= 15 is 0 Å². The second-order valence-corrected chi connectivity index (χ2v) is 5.20. The van der Waals surface area contributed by atoms with Gasteiger partial charge in [0.25, 0.3) is 0 Å². The number of anilines is 1. The van der Waals surface area contributed by atoms with Gasteiger partial charge in [0.15, 0.2) is 5.11 Å². The molecule has 0 bridgehead atoms. The van der Waals surface area contributed by atoms with Crippen LogP contribution in [0.2, 0.25) is 10.0 Å². The van der Waals surface area contributed by atoms with Gasteiger partial charge in [0.2, 0.25) is 0 Å². The molecule has 0 aliphatic carbocycles. The van der Waals surface area contributed by atoms with Crippen LogP contribution in [0.4, 0.5) is 5.69 Å². The molecular weight excluding hydrogens is 275 g/mol. The summed E-state index contributed by atoms with van der Waals surface area (Å²) in [5, 5.41) is 7.38. The summed E-state index contributed by atoms with van der Waals surface area (Å²) in [6, 6.07) is 5.17. The lowest BCUT2D eigenvalue weighted by molar-refractivity contribution is 0.604. The number of terminal acetylenes is 1. The largest absolute Gasteiger partial charge is 0.347 e. The maximum Gasteiger partial charge on any atom is 0.171 e. The molecule has 0 aliphatic heterocycles. The third kappa shape index (κ3) is 4.43. The van der Waals surface area contributed by atoms with E-state index in [1.165, 1.54) is 0 Å². The Morgan fingerprint density at radius 1 is 1.35 bits per heavy atom. The van der Waals surface area contributed by atoms with Crippen LogP contribution in [0.15, 0.2) is 18.2 Å². The SMILES string of the molecule is C#CC(C)(C)NC(=S)Nc1ccc(Cl)c(Cl)c1. The van der Waals surface area contributed by atoms with Crippen molar-refractivity contribution in [2.75, 3.05) is 5.32 Å². The fourth-order valence-electron chi connectivity index (χ4n) is 1.06. The number of benzene rings is 1. The predicted molar refractivity (Wildman–Crippen MR) is 78.7 cm³/mol. The van der Waals surface area contributed by atoms with Crippen LogP contribution in [0.1, 0.15) is 13.8 Å². The fourth-order valence-corrected chi connectivity index (χ4v) is 1.73. The van der Waals surface area contributed by atoms with Crippen LogP contribution in [0.3, 0.4) is 0 Å². The van der Waals surface area contributed by atoms with Crippen molar-refractivity contribution < 1.29 is 0 Å². The van der Waals surface area contributed by atoms with Gasteiger partial charge in [-0.2, -0.15) is 0 Å². The van der Waals surface area contributed by atoms with Crippen LogP contribution in [0.5, 0.6) is 0 Å². The third-order valence-corrected chi connectivity index (χ3v) is 2.91. The lowest BCUT2D eigenvalue weighted by Crippen LogP contribution is -2.44. The van der Waals surface area contributed by atoms with Crippen LogP contribution in [-0.2, 0) is 0 Å². The van der Waals surface area contributed by atoms with Crippen LogP contribution >= 0.6 is 35.4 Å². The molecule has 0 aromatic heterocycles. The van der Waals surface area contributed by atoms with Gasteiger partial charge in [-0.1, -0.05) is 29.1 Å². The molecule has 1 rings (SSSR count). The van der Waals surface area contributed by atoms with Crippen LogP contribution in [0.25, 0.3) is 0 Å². The Morgan fingerprint density at radius 2 is 2.00 bits per heavy atom. The number of nitrogens with one attached hydrogen (secondary N) is 2. The standard InChI is InChI=1S/C12H12Cl2N2S/c1-4-12(2,3)16-11(17)15-8-5-6-9(13)10(14)7-8/h1,5-7H,2-3H3,(H2,15,16,17). The highest BCUT2D eigenvalue weighted by atomic mass is 35.5. The first-order valence-corrected chi connectivity index (χ1v) is 6.02. The van der Waals surface area contributed by atoms with Crippen LogP contribution in [0, 0.1) is 12.3 Å². The molecule has 2 nitrogen and oxygen atoms in total. The van der Waals surface area contributed by atoms with E-state index in [9.17, 15) is 0 Å². The van der Waals surface area contributed by atoms with Gasteiger partial charge in [-0.15, -0.1) is 6.42 Å². The quantitative estimate of drug-likeness (QED) is 0.641.